The van der Waals surface area contributed by atoms with Crippen molar-refractivity contribution in [2.24, 2.45) is 11.8 Å². The van der Waals surface area contributed by atoms with Crippen molar-refractivity contribution >= 4 is 5.91 Å². The van der Waals surface area contributed by atoms with Crippen LogP contribution in [0.3, 0.4) is 0 Å². The predicted molar refractivity (Wildman–Crippen MR) is 139 cm³/mol. The lowest BCUT2D eigenvalue weighted by Gasteiger charge is -2.64. The van der Waals surface area contributed by atoms with E-state index in [0.717, 1.165) is 63.2 Å². The summed E-state index contributed by atoms with van der Waals surface area (Å²) >= 11 is 0. The monoisotopic (exact) mass is 500 g/mol. The number of nitrogens with zero attached hydrogens (tertiary/aromatic N) is 2. The summed E-state index contributed by atoms with van der Waals surface area (Å²) < 4.78 is 6.71. The highest BCUT2D eigenvalue weighted by Gasteiger charge is 2.73. The van der Waals surface area contributed by atoms with E-state index in [4.69, 9.17) is 4.74 Å². The Kier molecular flexibility index (Phi) is 4.68. The van der Waals surface area contributed by atoms with Crippen molar-refractivity contribution in [2.75, 3.05) is 19.6 Å². The zero-order chi connectivity index (χ0) is 24.9. The van der Waals surface area contributed by atoms with Crippen molar-refractivity contribution in [2.45, 2.75) is 80.6 Å². The summed E-state index contributed by atoms with van der Waals surface area (Å²) in [5.41, 5.74) is 1.98. The number of hydrogen-bond acceptors (Lipinski definition) is 5. The molecule has 3 heterocycles. The Bertz CT molecular complexity index is 1260. The predicted octanol–water partition coefficient (Wildman–Crippen LogP) is 3.42. The molecule has 1 spiro atoms. The molecule has 4 fully saturated rings. The Morgan fingerprint density at radius 2 is 1.84 bits per heavy atom. The number of hydrogen-bond donors (Lipinski definition) is 2. The van der Waals surface area contributed by atoms with Gasteiger partial charge >= 0.3 is 0 Å². The van der Waals surface area contributed by atoms with Gasteiger partial charge < -0.3 is 19.8 Å². The lowest BCUT2D eigenvalue weighted by atomic mass is 9.48. The molecule has 2 N–H and O–H groups in total. The number of likely N-dealkylation sites (tertiary alicyclic amines) is 2. The number of carbonyl (C=O) groups excluding carboxylic acids is 1. The van der Waals surface area contributed by atoms with E-state index in [9.17, 15) is 15.0 Å². The fourth-order valence-electron chi connectivity index (χ4n) is 8.95. The molecule has 2 unspecified atom stereocenters. The molecule has 2 aromatic carbocycles. The second-order valence-corrected chi connectivity index (χ2v) is 12.6. The topological polar surface area (TPSA) is 73.2 Å². The molecule has 194 valence electrons. The van der Waals surface area contributed by atoms with Gasteiger partial charge in [-0.2, -0.15) is 0 Å². The highest BCUT2D eigenvalue weighted by Crippen LogP contribution is 2.66. The Balaban J connectivity index is 1.16. The van der Waals surface area contributed by atoms with Gasteiger partial charge in [-0.05, 0) is 81.0 Å². The summed E-state index contributed by atoms with van der Waals surface area (Å²) in [6, 6.07) is 14.1. The zero-order valence-corrected chi connectivity index (χ0v) is 21.3. The molecular formula is C31H36N2O4. The van der Waals surface area contributed by atoms with Gasteiger partial charge in [-0.1, -0.05) is 36.4 Å². The molecule has 2 saturated heterocycles. The van der Waals surface area contributed by atoms with Crippen LogP contribution in [0.1, 0.15) is 55.2 Å². The van der Waals surface area contributed by atoms with Gasteiger partial charge in [0.1, 0.15) is 6.10 Å². The Morgan fingerprint density at radius 3 is 2.65 bits per heavy atom. The molecule has 37 heavy (non-hydrogen) atoms. The van der Waals surface area contributed by atoms with Crippen LogP contribution in [0.2, 0.25) is 0 Å². The fraction of sp³-hybridized carbons (Fsp3) is 0.581. The molecule has 6 atom stereocenters. The number of piperidine rings is 1. The van der Waals surface area contributed by atoms with Crippen molar-refractivity contribution in [3.63, 3.8) is 0 Å². The summed E-state index contributed by atoms with van der Waals surface area (Å²) in [5, 5.41) is 23.6. The summed E-state index contributed by atoms with van der Waals surface area (Å²) in [6.07, 6.45) is 6.94. The lowest BCUT2D eigenvalue weighted by molar-refractivity contribution is -0.200. The van der Waals surface area contributed by atoms with E-state index in [2.05, 4.69) is 28.0 Å². The SMILES string of the molecule is O=C1C(Cc2ccccc2)CCN1[C@H]1CCC2(O)[C@H]3Cc4ccc(O)c5c4[C@@]2(CCN3CC2CC2)[C@H]1O5. The molecule has 2 bridgehead atoms. The van der Waals surface area contributed by atoms with Crippen LogP contribution in [0.5, 0.6) is 11.5 Å². The van der Waals surface area contributed by atoms with Gasteiger partial charge in [0.05, 0.1) is 17.1 Å². The highest BCUT2D eigenvalue weighted by atomic mass is 16.5. The number of amides is 1. The lowest BCUT2D eigenvalue weighted by Crippen LogP contribution is -2.78. The van der Waals surface area contributed by atoms with E-state index < -0.39 is 11.0 Å². The number of phenols is 1. The first-order valence-corrected chi connectivity index (χ1v) is 14.3. The largest absolute Gasteiger partial charge is 0.504 e. The average molecular weight is 501 g/mol. The van der Waals surface area contributed by atoms with Crippen LogP contribution in [0.4, 0.5) is 0 Å². The van der Waals surface area contributed by atoms with Crippen LogP contribution < -0.4 is 4.74 Å². The van der Waals surface area contributed by atoms with Gasteiger partial charge in [0, 0.05) is 30.6 Å². The number of aliphatic hydroxyl groups is 1. The van der Waals surface area contributed by atoms with E-state index in [1.54, 1.807) is 6.07 Å². The van der Waals surface area contributed by atoms with Gasteiger partial charge in [0.2, 0.25) is 5.91 Å². The Labute approximate surface area is 218 Å². The fourth-order valence-corrected chi connectivity index (χ4v) is 8.95. The minimum absolute atomic E-state index is 0.00653. The van der Waals surface area contributed by atoms with Crippen LogP contribution >= 0.6 is 0 Å². The maximum atomic E-state index is 13.8. The number of carbonyl (C=O) groups is 1. The van der Waals surface area contributed by atoms with E-state index in [-0.39, 0.29) is 35.8 Å². The standard InChI is InChI=1S/C31H36N2O4/c34-24-9-8-21-17-25-31(36)12-10-23(33-14-11-22(29(33)35)16-19-4-2-1-3-5-19)28-30(31,26(21)27(24)37-28)13-15-32(25)18-20-6-7-20/h1-5,8-9,20,22-23,25,28,34,36H,6-7,10-18H2/t22?,23-,25+,28-,30-,31?/m0/s1. The number of aromatic hydroxyl groups is 1. The average Bonchev–Trinajstić information content (AvgIpc) is 3.55. The molecule has 6 nitrogen and oxygen atoms in total. The molecule has 0 aromatic heterocycles. The van der Waals surface area contributed by atoms with Gasteiger partial charge in [-0.3, -0.25) is 9.69 Å². The zero-order valence-electron chi connectivity index (χ0n) is 21.3. The summed E-state index contributed by atoms with van der Waals surface area (Å²) in [7, 11) is 0. The first-order chi connectivity index (χ1) is 18.0. The minimum atomic E-state index is -0.903. The molecular weight excluding hydrogens is 464 g/mol. The molecule has 3 aliphatic carbocycles. The maximum Gasteiger partial charge on any atom is 0.226 e. The number of ether oxygens (including phenoxy) is 1. The third-order valence-corrected chi connectivity index (χ3v) is 10.8. The summed E-state index contributed by atoms with van der Waals surface area (Å²) in [5.74, 6) is 1.71. The molecule has 6 aliphatic rings. The minimum Gasteiger partial charge on any atom is -0.504 e. The molecule has 3 aliphatic heterocycles. The normalized spacial score (nSPS) is 38.0. The third kappa shape index (κ3) is 2.97. The first kappa shape index (κ1) is 22.4. The van der Waals surface area contributed by atoms with Crippen molar-refractivity contribution in [3.8, 4) is 11.5 Å². The second kappa shape index (κ2) is 7.73. The molecule has 6 heteroatoms. The van der Waals surface area contributed by atoms with Crippen LogP contribution in [0.25, 0.3) is 0 Å². The number of benzene rings is 2. The van der Waals surface area contributed by atoms with E-state index in [0.29, 0.717) is 12.2 Å². The maximum absolute atomic E-state index is 13.8. The summed E-state index contributed by atoms with van der Waals surface area (Å²) in [4.78, 5) is 18.4. The molecule has 2 aromatic rings. The quantitative estimate of drug-likeness (QED) is 0.658. The number of rotatable bonds is 5. The smallest absolute Gasteiger partial charge is 0.226 e. The van der Waals surface area contributed by atoms with Crippen LogP contribution in [-0.4, -0.2) is 69.3 Å². The van der Waals surface area contributed by atoms with E-state index in [1.165, 1.54) is 24.0 Å². The van der Waals surface area contributed by atoms with Gasteiger partial charge in [-0.15, -0.1) is 0 Å². The van der Waals surface area contributed by atoms with Gasteiger partial charge in [0.25, 0.3) is 0 Å². The van der Waals surface area contributed by atoms with Crippen molar-refractivity contribution in [1.29, 1.82) is 0 Å². The van der Waals surface area contributed by atoms with Crippen LogP contribution in [-0.2, 0) is 23.1 Å². The Morgan fingerprint density at radius 1 is 1.00 bits per heavy atom. The van der Waals surface area contributed by atoms with Gasteiger partial charge in [-0.25, -0.2) is 0 Å². The van der Waals surface area contributed by atoms with E-state index >= 15 is 0 Å². The number of phenolic OH excluding ortho intramolecular Hbond substituents is 1. The van der Waals surface area contributed by atoms with E-state index in [1.807, 2.05) is 18.2 Å². The first-order valence-electron chi connectivity index (χ1n) is 14.3. The van der Waals surface area contributed by atoms with Crippen molar-refractivity contribution in [1.82, 2.24) is 9.80 Å². The second-order valence-electron chi connectivity index (χ2n) is 12.6. The molecule has 1 amide bonds. The van der Waals surface area contributed by atoms with Crippen LogP contribution in [0, 0.1) is 11.8 Å². The van der Waals surface area contributed by atoms with Crippen LogP contribution in [0.15, 0.2) is 42.5 Å². The molecule has 0 radical (unpaired) electrons. The van der Waals surface area contributed by atoms with Gasteiger partial charge in [0.15, 0.2) is 11.5 Å². The summed E-state index contributed by atoms with van der Waals surface area (Å²) in [6.45, 7) is 2.75. The van der Waals surface area contributed by atoms with Crippen molar-refractivity contribution in [3.05, 3.63) is 59.2 Å². The molecule has 2 saturated carbocycles. The third-order valence-electron chi connectivity index (χ3n) is 10.8. The van der Waals surface area contributed by atoms with Crippen molar-refractivity contribution < 1.29 is 19.7 Å². The highest BCUT2D eigenvalue weighted by molar-refractivity contribution is 5.82. The Hall–Kier alpha value is -2.57. The molecule has 8 rings (SSSR count).